The summed E-state index contributed by atoms with van der Waals surface area (Å²) in [5.74, 6) is 0.872. The van der Waals surface area contributed by atoms with Crippen molar-refractivity contribution in [2.45, 2.75) is 38.2 Å². The molecule has 4 nitrogen and oxygen atoms in total. The van der Waals surface area contributed by atoms with E-state index in [4.69, 9.17) is 10.5 Å². The molecule has 25 heavy (non-hydrogen) atoms. The molecule has 1 saturated carbocycles. The van der Waals surface area contributed by atoms with Gasteiger partial charge < -0.3 is 15.4 Å². The second-order valence-electron chi connectivity index (χ2n) is 6.60. The minimum Gasteiger partial charge on any atom is -0.490 e. The summed E-state index contributed by atoms with van der Waals surface area (Å²) < 4.78 is 5.86. The van der Waals surface area contributed by atoms with E-state index < -0.39 is 0 Å². The number of rotatable bonds is 3. The highest BCUT2D eigenvalue weighted by Crippen LogP contribution is 2.32. The lowest BCUT2D eigenvalue weighted by atomic mass is 9.96. The Bertz CT molecular complexity index is 757. The van der Waals surface area contributed by atoms with Crippen LogP contribution in [-0.2, 0) is 6.42 Å². The third kappa shape index (κ3) is 3.45. The largest absolute Gasteiger partial charge is 0.490 e. The first-order valence-corrected chi connectivity index (χ1v) is 8.68. The quantitative estimate of drug-likeness (QED) is 0.836. The number of amides is 1. The van der Waals surface area contributed by atoms with E-state index in [9.17, 15) is 4.79 Å². The highest BCUT2D eigenvalue weighted by molar-refractivity contribution is 6.07. The first-order valence-electron chi connectivity index (χ1n) is 8.68. The van der Waals surface area contributed by atoms with E-state index in [2.05, 4.69) is 0 Å². The maximum Gasteiger partial charge on any atom is 0.258 e. The standard InChI is InChI=1S/C20H22N2O2.ClH/c21-18-7-2-8-19-17(18)6-3-13-22(19)20(23)14-9-11-16(12-10-14)24-15-4-1-5-15;/h2,7-12,15H,1,3-6,13,21H2;1H. The number of anilines is 2. The molecule has 4 rings (SSSR count). The second kappa shape index (κ2) is 7.36. The van der Waals surface area contributed by atoms with E-state index in [0.717, 1.165) is 54.9 Å². The molecule has 0 saturated heterocycles. The van der Waals surface area contributed by atoms with Crippen molar-refractivity contribution in [3.63, 3.8) is 0 Å². The Hall–Kier alpha value is -2.20. The Labute approximate surface area is 154 Å². The molecule has 5 heteroatoms. The smallest absolute Gasteiger partial charge is 0.258 e. The molecular weight excluding hydrogens is 336 g/mol. The van der Waals surface area contributed by atoms with Crippen LogP contribution in [0.4, 0.5) is 11.4 Å². The zero-order valence-electron chi connectivity index (χ0n) is 14.1. The summed E-state index contributed by atoms with van der Waals surface area (Å²) in [6.45, 7) is 0.732. The van der Waals surface area contributed by atoms with Crippen molar-refractivity contribution in [3.8, 4) is 5.75 Å². The molecule has 2 aromatic carbocycles. The molecule has 2 N–H and O–H groups in total. The van der Waals surface area contributed by atoms with Crippen molar-refractivity contribution >= 4 is 29.7 Å². The number of nitrogens with zero attached hydrogens (tertiary/aromatic N) is 1. The summed E-state index contributed by atoms with van der Waals surface area (Å²) in [4.78, 5) is 14.8. The van der Waals surface area contributed by atoms with Crippen molar-refractivity contribution in [1.29, 1.82) is 0 Å². The van der Waals surface area contributed by atoms with Crippen LogP contribution in [0.2, 0.25) is 0 Å². The van der Waals surface area contributed by atoms with Crippen LogP contribution in [0.3, 0.4) is 0 Å². The molecule has 0 radical (unpaired) electrons. The molecule has 1 aliphatic carbocycles. The molecule has 0 unspecified atom stereocenters. The average Bonchev–Trinajstić information content (AvgIpc) is 2.58. The van der Waals surface area contributed by atoms with E-state index in [1.807, 2.05) is 47.4 Å². The SMILES string of the molecule is Cl.Nc1cccc2c1CCCN2C(=O)c1ccc(OC2CCC2)cc1. The predicted molar refractivity (Wildman–Crippen MR) is 103 cm³/mol. The first-order chi connectivity index (χ1) is 11.7. The molecule has 0 spiro atoms. The van der Waals surface area contributed by atoms with Crippen molar-refractivity contribution in [3.05, 3.63) is 53.6 Å². The number of halogens is 1. The number of carbonyl (C=O) groups excluding carboxylic acids is 1. The van der Waals surface area contributed by atoms with Gasteiger partial charge in [-0.15, -0.1) is 12.4 Å². The van der Waals surface area contributed by atoms with Gasteiger partial charge in [-0.1, -0.05) is 6.07 Å². The Kier molecular flexibility index (Phi) is 5.19. The van der Waals surface area contributed by atoms with E-state index in [1.54, 1.807) is 0 Å². The second-order valence-corrected chi connectivity index (χ2v) is 6.60. The molecule has 1 aliphatic heterocycles. The van der Waals surface area contributed by atoms with Crippen LogP contribution in [-0.4, -0.2) is 18.6 Å². The monoisotopic (exact) mass is 358 g/mol. The maximum atomic E-state index is 12.9. The fourth-order valence-electron chi connectivity index (χ4n) is 3.38. The van der Waals surface area contributed by atoms with Gasteiger partial charge in [0.15, 0.2) is 0 Å². The number of ether oxygens (including phenoxy) is 1. The van der Waals surface area contributed by atoms with E-state index in [0.29, 0.717) is 11.7 Å². The fourth-order valence-corrected chi connectivity index (χ4v) is 3.38. The minimum absolute atomic E-state index is 0. The van der Waals surface area contributed by atoms with Gasteiger partial charge in [0, 0.05) is 23.5 Å². The number of hydrogen-bond donors (Lipinski definition) is 1. The maximum absolute atomic E-state index is 12.9. The Morgan fingerprint density at radius 1 is 1.08 bits per heavy atom. The predicted octanol–water partition coefficient (Wildman–Crippen LogP) is 4.21. The molecule has 1 heterocycles. The number of fused-ring (bicyclic) bond motifs is 1. The zero-order valence-corrected chi connectivity index (χ0v) is 14.9. The van der Waals surface area contributed by atoms with Gasteiger partial charge >= 0.3 is 0 Å². The Balaban J connectivity index is 0.00000182. The number of hydrogen-bond acceptors (Lipinski definition) is 3. The van der Waals surface area contributed by atoms with Gasteiger partial charge in [-0.05, 0) is 74.1 Å². The lowest BCUT2D eigenvalue weighted by Crippen LogP contribution is -2.35. The number of benzene rings is 2. The third-order valence-electron chi connectivity index (χ3n) is 4.99. The lowest BCUT2D eigenvalue weighted by molar-refractivity contribution is 0.0985. The number of carbonyl (C=O) groups is 1. The fraction of sp³-hybridized carbons (Fsp3) is 0.350. The molecular formula is C20H23ClN2O2. The summed E-state index contributed by atoms with van der Waals surface area (Å²) in [6, 6.07) is 13.3. The van der Waals surface area contributed by atoms with Gasteiger partial charge in [0.1, 0.15) is 5.75 Å². The van der Waals surface area contributed by atoms with Crippen molar-refractivity contribution in [2.24, 2.45) is 0 Å². The van der Waals surface area contributed by atoms with Crippen molar-refractivity contribution in [1.82, 2.24) is 0 Å². The molecule has 2 aromatic rings. The van der Waals surface area contributed by atoms with Crippen LogP contribution < -0.4 is 15.4 Å². The summed E-state index contributed by atoms with van der Waals surface area (Å²) in [7, 11) is 0. The molecule has 0 bridgehead atoms. The summed E-state index contributed by atoms with van der Waals surface area (Å²) in [5, 5.41) is 0. The van der Waals surface area contributed by atoms with Crippen molar-refractivity contribution < 1.29 is 9.53 Å². The normalized spacial score (nSPS) is 16.4. The highest BCUT2D eigenvalue weighted by Gasteiger charge is 2.25. The lowest BCUT2D eigenvalue weighted by Gasteiger charge is -2.30. The van der Waals surface area contributed by atoms with Gasteiger partial charge in [-0.2, -0.15) is 0 Å². The van der Waals surface area contributed by atoms with Crippen LogP contribution >= 0.6 is 12.4 Å². The van der Waals surface area contributed by atoms with Gasteiger partial charge in [-0.3, -0.25) is 4.79 Å². The minimum atomic E-state index is 0. The van der Waals surface area contributed by atoms with Crippen LogP contribution in [0.25, 0.3) is 0 Å². The molecule has 132 valence electrons. The molecule has 1 amide bonds. The van der Waals surface area contributed by atoms with Gasteiger partial charge in [0.05, 0.1) is 6.10 Å². The third-order valence-corrected chi connectivity index (χ3v) is 4.99. The molecule has 2 aliphatic rings. The summed E-state index contributed by atoms with van der Waals surface area (Å²) in [6.07, 6.45) is 5.73. The summed E-state index contributed by atoms with van der Waals surface area (Å²) >= 11 is 0. The van der Waals surface area contributed by atoms with E-state index in [-0.39, 0.29) is 18.3 Å². The topological polar surface area (TPSA) is 55.6 Å². The van der Waals surface area contributed by atoms with Gasteiger partial charge in [0.25, 0.3) is 5.91 Å². The van der Waals surface area contributed by atoms with Crippen LogP contribution in [0.15, 0.2) is 42.5 Å². The van der Waals surface area contributed by atoms with Gasteiger partial charge in [-0.25, -0.2) is 0 Å². The Morgan fingerprint density at radius 3 is 2.52 bits per heavy atom. The molecule has 1 fully saturated rings. The van der Waals surface area contributed by atoms with Crippen LogP contribution in [0.1, 0.15) is 41.6 Å². The van der Waals surface area contributed by atoms with Crippen molar-refractivity contribution in [2.75, 3.05) is 17.2 Å². The summed E-state index contributed by atoms with van der Waals surface area (Å²) in [5.41, 5.74) is 9.56. The number of nitrogens with two attached hydrogens (primary N) is 1. The Morgan fingerprint density at radius 2 is 1.84 bits per heavy atom. The van der Waals surface area contributed by atoms with E-state index in [1.165, 1.54) is 6.42 Å². The molecule has 0 aromatic heterocycles. The van der Waals surface area contributed by atoms with Crippen LogP contribution in [0.5, 0.6) is 5.75 Å². The molecule has 0 atom stereocenters. The first kappa shape index (κ1) is 17.6. The highest BCUT2D eigenvalue weighted by atomic mass is 35.5. The zero-order chi connectivity index (χ0) is 16.5. The average molecular weight is 359 g/mol. The van der Waals surface area contributed by atoms with E-state index >= 15 is 0 Å². The van der Waals surface area contributed by atoms with Gasteiger partial charge in [0.2, 0.25) is 0 Å². The number of nitrogen functional groups attached to an aromatic ring is 1. The van der Waals surface area contributed by atoms with Crippen LogP contribution in [0, 0.1) is 0 Å².